The van der Waals surface area contributed by atoms with E-state index < -0.39 is 23.4 Å². The van der Waals surface area contributed by atoms with Gasteiger partial charge in [0.15, 0.2) is 11.6 Å². The van der Waals surface area contributed by atoms with Gasteiger partial charge in [-0.1, -0.05) is 11.3 Å². The Balaban J connectivity index is 1.35. The van der Waals surface area contributed by atoms with Gasteiger partial charge in [-0.25, -0.2) is 19.2 Å². The lowest BCUT2D eigenvalue weighted by atomic mass is 10.1. The Morgan fingerprint density at radius 1 is 1.15 bits per heavy atom. The summed E-state index contributed by atoms with van der Waals surface area (Å²) >= 11 is 0. The van der Waals surface area contributed by atoms with Gasteiger partial charge in [-0.15, -0.1) is 5.10 Å². The number of hydrogen-bond donors (Lipinski definition) is 2. The average molecular weight is 540 g/mol. The van der Waals surface area contributed by atoms with Crippen molar-refractivity contribution in [2.45, 2.75) is 71.7 Å². The minimum absolute atomic E-state index is 0.0643. The molecule has 1 aliphatic carbocycles. The van der Waals surface area contributed by atoms with Crippen molar-refractivity contribution < 1.29 is 23.5 Å². The highest BCUT2D eigenvalue weighted by Crippen LogP contribution is 2.28. The SMILES string of the molecule is COc1cc(CNC(=O)c2cc(-c3cn(C[C@@H]4CC[C@H](NC(=O)OC(C)(C)C)C4)nn3)nc(C)n2)ccc1F. The largest absolute Gasteiger partial charge is 0.494 e. The summed E-state index contributed by atoms with van der Waals surface area (Å²) in [6.45, 7) is 8.05. The first-order valence-electron chi connectivity index (χ1n) is 12.9. The van der Waals surface area contributed by atoms with Crippen LogP contribution in [0.25, 0.3) is 11.4 Å². The molecule has 11 nitrogen and oxygen atoms in total. The molecule has 0 bridgehead atoms. The van der Waals surface area contributed by atoms with Crippen molar-refractivity contribution in [3.63, 3.8) is 0 Å². The molecule has 0 unspecified atom stereocenters. The van der Waals surface area contributed by atoms with Gasteiger partial charge in [-0.2, -0.15) is 0 Å². The second kappa shape index (κ2) is 11.7. The third-order valence-corrected chi connectivity index (χ3v) is 6.25. The maximum atomic E-state index is 13.6. The van der Waals surface area contributed by atoms with Gasteiger partial charge in [0, 0.05) is 19.1 Å². The smallest absolute Gasteiger partial charge is 0.407 e. The highest BCUT2D eigenvalue weighted by Gasteiger charge is 2.28. The van der Waals surface area contributed by atoms with Crippen LogP contribution < -0.4 is 15.4 Å². The van der Waals surface area contributed by atoms with Gasteiger partial charge in [0.2, 0.25) is 0 Å². The quantitative estimate of drug-likeness (QED) is 0.442. The molecule has 0 saturated heterocycles. The van der Waals surface area contributed by atoms with Crippen molar-refractivity contribution in [2.75, 3.05) is 7.11 Å². The van der Waals surface area contributed by atoms with Crippen molar-refractivity contribution in [1.29, 1.82) is 0 Å². The Bertz CT molecular complexity index is 1340. The fourth-order valence-electron chi connectivity index (χ4n) is 4.52. The second-order valence-electron chi connectivity index (χ2n) is 10.7. The molecule has 39 heavy (non-hydrogen) atoms. The van der Waals surface area contributed by atoms with Crippen LogP contribution in [0, 0.1) is 18.7 Å². The molecular weight excluding hydrogens is 505 g/mol. The zero-order valence-electron chi connectivity index (χ0n) is 22.8. The van der Waals surface area contributed by atoms with Crippen molar-refractivity contribution in [1.82, 2.24) is 35.6 Å². The number of hydrogen-bond acceptors (Lipinski definition) is 8. The Labute approximate surface area is 226 Å². The first kappa shape index (κ1) is 27.9. The van der Waals surface area contributed by atoms with E-state index in [2.05, 4.69) is 30.9 Å². The third kappa shape index (κ3) is 7.71. The number of carbonyl (C=O) groups is 2. The number of benzene rings is 1. The summed E-state index contributed by atoms with van der Waals surface area (Å²) in [7, 11) is 1.39. The van der Waals surface area contributed by atoms with E-state index in [1.54, 1.807) is 29.9 Å². The van der Waals surface area contributed by atoms with Gasteiger partial charge < -0.3 is 20.1 Å². The highest BCUT2D eigenvalue weighted by atomic mass is 19.1. The number of carbonyl (C=O) groups excluding carboxylic acids is 2. The van der Waals surface area contributed by atoms with Crippen molar-refractivity contribution >= 4 is 12.0 Å². The summed E-state index contributed by atoms with van der Waals surface area (Å²) in [5, 5.41) is 14.2. The lowest BCUT2D eigenvalue weighted by Crippen LogP contribution is -2.38. The molecule has 2 N–H and O–H groups in total. The van der Waals surface area contributed by atoms with Gasteiger partial charge in [-0.05, 0) is 76.6 Å². The topological polar surface area (TPSA) is 133 Å². The first-order chi connectivity index (χ1) is 18.5. The summed E-state index contributed by atoms with van der Waals surface area (Å²) in [5.74, 6) is -0.00759. The molecule has 1 saturated carbocycles. The van der Waals surface area contributed by atoms with E-state index in [4.69, 9.17) is 9.47 Å². The molecular formula is C27H34FN7O4. The molecule has 2 aromatic heterocycles. The number of halogens is 1. The van der Waals surface area contributed by atoms with Gasteiger partial charge in [0.05, 0.1) is 19.0 Å². The second-order valence-corrected chi connectivity index (χ2v) is 10.7. The molecule has 12 heteroatoms. The predicted octanol–water partition coefficient (Wildman–Crippen LogP) is 3.81. The molecule has 3 aromatic rings. The summed E-state index contributed by atoms with van der Waals surface area (Å²) < 4.78 is 25.8. The molecule has 0 aliphatic heterocycles. The van der Waals surface area contributed by atoms with Crippen LogP contribution in [0.15, 0.2) is 30.5 Å². The highest BCUT2D eigenvalue weighted by molar-refractivity contribution is 5.93. The number of alkyl carbamates (subject to hydrolysis) is 1. The van der Waals surface area contributed by atoms with Crippen molar-refractivity contribution in [3.05, 3.63) is 53.4 Å². The fourth-order valence-corrected chi connectivity index (χ4v) is 4.52. The van der Waals surface area contributed by atoms with Crippen LogP contribution in [0.1, 0.15) is 61.9 Å². The number of amides is 2. The number of nitrogens with zero attached hydrogens (tertiary/aromatic N) is 5. The van der Waals surface area contributed by atoms with Crippen LogP contribution in [0.4, 0.5) is 9.18 Å². The molecule has 208 valence electrons. The van der Waals surface area contributed by atoms with Gasteiger partial charge in [-0.3, -0.25) is 9.48 Å². The standard InChI is InChI=1S/C27H34FN7O4/c1-16-30-21(12-22(31-16)25(36)29-13-17-7-9-20(28)24(11-17)38-5)23-15-35(34-33-23)14-18-6-8-19(10-18)32-26(37)39-27(2,3)4/h7,9,11-12,15,18-19H,6,8,10,13-14H2,1-5H3,(H,29,36)(H,32,37)/t18-,19+/m1/s1. The van der Waals surface area contributed by atoms with E-state index in [0.717, 1.165) is 19.3 Å². The summed E-state index contributed by atoms with van der Waals surface area (Å²) in [6.07, 6.45) is 4.05. The molecule has 2 atom stereocenters. The van der Waals surface area contributed by atoms with E-state index in [1.807, 2.05) is 20.8 Å². The predicted molar refractivity (Wildman–Crippen MR) is 140 cm³/mol. The van der Waals surface area contributed by atoms with E-state index >= 15 is 0 Å². The van der Waals surface area contributed by atoms with Gasteiger partial charge >= 0.3 is 6.09 Å². The van der Waals surface area contributed by atoms with Crippen molar-refractivity contribution in [2.24, 2.45) is 5.92 Å². The minimum Gasteiger partial charge on any atom is -0.494 e. The van der Waals surface area contributed by atoms with E-state index in [-0.39, 0.29) is 24.0 Å². The molecule has 2 amide bonds. The molecule has 0 spiro atoms. The van der Waals surface area contributed by atoms with Crippen molar-refractivity contribution in [3.8, 4) is 17.1 Å². The molecule has 1 fully saturated rings. The van der Waals surface area contributed by atoms with Crippen LogP contribution in [0.2, 0.25) is 0 Å². The monoisotopic (exact) mass is 539 g/mol. The number of methoxy groups -OCH3 is 1. The molecule has 1 aliphatic rings. The van der Waals surface area contributed by atoms with E-state index in [1.165, 1.54) is 19.2 Å². The fraction of sp³-hybridized carbons (Fsp3) is 0.481. The van der Waals surface area contributed by atoms with Crippen LogP contribution in [-0.2, 0) is 17.8 Å². The van der Waals surface area contributed by atoms with Gasteiger partial charge in [0.1, 0.15) is 22.8 Å². The molecule has 1 aromatic carbocycles. The van der Waals surface area contributed by atoms with Crippen LogP contribution in [0.3, 0.4) is 0 Å². The van der Waals surface area contributed by atoms with E-state index in [9.17, 15) is 14.0 Å². The lowest BCUT2D eigenvalue weighted by molar-refractivity contribution is 0.0504. The number of aromatic nitrogens is 5. The Kier molecular flexibility index (Phi) is 8.41. The van der Waals surface area contributed by atoms with Crippen LogP contribution >= 0.6 is 0 Å². The number of ether oxygens (including phenoxy) is 2. The minimum atomic E-state index is -0.532. The number of nitrogens with one attached hydrogen (secondary N) is 2. The normalized spacial score (nSPS) is 17.1. The van der Waals surface area contributed by atoms with Gasteiger partial charge in [0.25, 0.3) is 5.91 Å². The number of rotatable bonds is 8. The molecule has 2 heterocycles. The number of aryl methyl sites for hydroxylation is 1. The summed E-state index contributed by atoms with van der Waals surface area (Å²) in [5.41, 5.74) is 1.35. The molecule has 4 rings (SSSR count). The van der Waals surface area contributed by atoms with Crippen LogP contribution in [0.5, 0.6) is 5.75 Å². The lowest BCUT2D eigenvalue weighted by Gasteiger charge is -2.21. The van der Waals surface area contributed by atoms with Crippen LogP contribution in [-0.4, -0.2) is 55.7 Å². The molecule has 0 radical (unpaired) electrons. The Morgan fingerprint density at radius 2 is 1.95 bits per heavy atom. The summed E-state index contributed by atoms with van der Waals surface area (Å²) in [6, 6.07) is 6.03. The summed E-state index contributed by atoms with van der Waals surface area (Å²) in [4.78, 5) is 33.6. The third-order valence-electron chi connectivity index (χ3n) is 6.25. The Hall–Kier alpha value is -4.09. The maximum Gasteiger partial charge on any atom is 0.407 e. The van der Waals surface area contributed by atoms with E-state index in [0.29, 0.717) is 35.2 Å². The Morgan fingerprint density at radius 3 is 2.69 bits per heavy atom. The first-order valence-corrected chi connectivity index (χ1v) is 12.9. The zero-order chi connectivity index (χ0) is 28.2. The average Bonchev–Trinajstić information content (AvgIpc) is 3.51. The zero-order valence-corrected chi connectivity index (χ0v) is 22.8. The maximum absolute atomic E-state index is 13.6.